The summed E-state index contributed by atoms with van der Waals surface area (Å²) in [5.41, 5.74) is 3.32. The number of thiophene rings is 1. The smallest absolute Gasteiger partial charge is 0.324 e. The van der Waals surface area contributed by atoms with E-state index in [1.54, 1.807) is 17.7 Å². The van der Waals surface area contributed by atoms with Crippen molar-refractivity contribution in [3.05, 3.63) is 47.6 Å². The molecular formula is C19H19N5OS. The van der Waals surface area contributed by atoms with Gasteiger partial charge in [0.1, 0.15) is 12.1 Å². The van der Waals surface area contributed by atoms with Gasteiger partial charge in [-0.3, -0.25) is 4.90 Å². The number of piperazine rings is 1. The van der Waals surface area contributed by atoms with Crippen molar-refractivity contribution in [2.24, 2.45) is 0 Å². The molecule has 2 amide bonds. The van der Waals surface area contributed by atoms with Crippen molar-refractivity contribution < 1.29 is 4.79 Å². The number of rotatable bonds is 1. The van der Waals surface area contributed by atoms with Gasteiger partial charge in [-0.15, -0.1) is 11.3 Å². The lowest BCUT2D eigenvalue weighted by Gasteiger charge is -2.37. The molecule has 4 heterocycles. The van der Waals surface area contributed by atoms with Crippen molar-refractivity contribution in [2.45, 2.75) is 6.42 Å². The second-order valence-electron chi connectivity index (χ2n) is 6.62. The minimum Gasteiger partial charge on any atom is -0.352 e. The minimum atomic E-state index is 0.124. The Kier molecular flexibility index (Phi) is 3.74. The number of aromatic nitrogens is 2. The summed E-state index contributed by atoms with van der Waals surface area (Å²) in [5, 5.41) is 2.05. The Morgan fingerprint density at radius 3 is 2.73 bits per heavy atom. The highest BCUT2D eigenvalue weighted by atomic mass is 32.1. The fourth-order valence-electron chi connectivity index (χ4n) is 3.82. The van der Waals surface area contributed by atoms with E-state index >= 15 is 0 Å². The Morgan fingerprint density at radius 1 is 1.00 bits per heavy atom. The molecule has 1 aromatic carbocycles. The molecule has 2 aromatic heterocycles. The molecule has 5 rings (SSSR count). The summed E-state index contributed by atoms with van der Waals surface area (Å²) in [6.45, 7) is 3.80. The van der Waals surface area contributed by atoms with Crippen LogP contribution < -0.4 is 9.80 Å². The lowest BCUT2D eigenvalue weighted by atomic mass is 10.2. The van der Waals surface area contributed by atoms with E-state index in [0.29, 0.717) is 13.1 Å². The molecule has 2 aliphatic heterocycles. The molecule has 1 fully saturated rings. The maximum Gasteiger partial charge on any atom is 0.324 e. The van der Waals surface area contributed by atoms with Gasteiger partial charge >= 0.3 is 6.03 Å². The van der Waals surface area contributed by atoms with Crippen LogP contribution in [0.5, 0.6) is 0 Å². The highest BCUT2D eigenvalue weighted by Gasteiger charge is 2.30. The summed E-state index contributed by atoms with van der Waals surface area (Å²) < 4.78 is 1.13. The standard InChI is InChI=1S/C19H19N5OS/c25-19(24-7-5-14-3-1-2-4-16(14)24)23-10-8-22(9-11-23)18-17-15(6-12-26-17)20-13-21-18/h1-4,6,12-13H,5,7-11H2. The van der Waals surface area contributed by atoms with Gasteiger partial charge in [0.05, 0.1) is 10.2 Å². The molecule has 0 spiro atoms. The van der Waals surface area contributed by atoms with Crippen LogP contribution in [0.4, 0.5) is 16.3 Å². The molecule has 0 saturated carbocycles. The van der Waals surface area contributed by atoms with Crippen LogP contribution in [0.3, 0.4) is 0 Å². The average molecular weight is 365 g/mol. The molecular weight excluding hydrogens is 346 g/mol. The van der Waals surface area contributed by atoms with Gasteiger partial charge in [-0.1, -0.05) is 18.2 Å². The molecule has 2 aliphatic rings. The average Bonchev–Trinajstić information content (AvgIpc) is 3.34. The van der Waals surface area contributed by atoms with E-state index in [2.05, 4.69) is 20.9 Å². The number of carbonyl (C=O) groups excluding carboxylic acids is 1. The van der Waals surface area contributed by atoms with Crippen molar-refractivity contribution in [2.75, 3.05) is 42.5 Å². The molecule has 0 radical (unpaired) electrons. The number of amides is 2. The summed E-state index contributed by atoms with van der Waals surface area (Å²) in [7, 11) is 0. The van der Waals surface area contributed by atoms with Crippen molar-refractivity contribution in [1.29, 1.82) is 0 Å². The fraction of sp³-hybridized carbons (Fsp3) is 0.316. The van der Waals surface area contributed by atoms with Crippen LogP contribution in [0.15, 0.2) is 42.0 Å². The molecule has 7 heteroatoms. The molecule has 26 heavy (non-hydrogen) atoms. The van der Waals surface area contributed by atoms with Crippen LogP contribution in [-0.4, -0.2) is 53.6 Å². The first kappa shape index (κ1) is 15.6. The monoisotopic (exact) mass is 365 g/mol. The maximum atomic E-state index is 13.0. The minimum absolute atomic E-state index is 0.124. The summed E-state index contributed by atoms with van der Waals surface area (Å²) in [6.07, 6.45) is 2.57. The molecule has 3 aromatic rings. The zero-order chi connectivity index (χ0) is 17.5. The van der Waals surface area contributed by atoms with Gasteiger partial charge in [-0.2, -0.15) is 0 Å². The number of urea groups is 1. The normalized spacial score (nSPS) is 17.0. The number of carbonyl (C=O) groups is 1. The third-order valence-corrected chi connectivity index (χ3v) is 6.09. The van der Waals surface area contributed by atoms with E-state index in [0.717, 1.165) is 47.8 Å². The van der Waals surface area contributed by atoms with Gasteiger partial charge in [-0.05, 0) is 29.5 Å². The van der Waals surface area contributed by atoms with Gasteiger partial charge in [0, 0.05) is 38.4 Å². The van der Waals surface area contributed by atoms with E-state index in [1.165, 1.54) is 5.56 Å². The molecule has 0 bridgehead atoms. The third-order valence-electron chi connectivity index (χ3n) is 5.19. The fourth-order valence-corrected chi connectivity index (χ4v) is 4.68. The third kappa shape index (κ3) is 2.50. The number of hydrogen-bond acceptors (Lipinski definition) is 5. The Morgan fingerprint density at radius 2 is 1.85 bits per heavy atom. The van der Waals surface area contributed by atoms with Crippen molar-refractivity contribution in [1.82, 2.24) is 14.9 Å². The zero-order valence-corrected chi connectivity index (χ0v) is 15.2. The highest BCUT2D eigenvalue weighted by molar-refractivity contribution is 7.17. The predicted octanol–water partition coefficient (Wildman–Crippen LogP) is 3.00. The first-order valence-corrected chi connectivity index (χ1v) is 9.77. The van der Waals surface area contributed by atoms with Crippen molar-refractivity contribution in [3.8, 4) is 0 Å². The summed E-state index contributed by atoms with van der Waals surface area (Å²) >= 11 is 1.67. The Labute approximate surface area is 155 Å². The first-order valence-electron chi connectivity index (χ1n) is 8.89. The van der Waals surface area contributed by atoms with E-state index in [4.69, 9.17) is 0 Å². The lowest BCUT2D eigenvalue weighted by Crippen LogP contribution is -2.53. The zero-order valence-electron chi connectivity index (χ0n) is 14.3. The molecule has 0 atom stereocenters. The van der Waals surface area contributed by atoms with E-state index in [1.807, 2.05) is 39.4 Å². The quantitative estimate of drug-likeness (QED) is 0.665. The first-order chi connectivity index (χ1) is 12.8. The van der Waals surface area contributed by atoms with E-state index in [9.17, 15) is 4.79 Å². The Bertz CT molecular complexity index is 963. The molecule has 0 N–H and O–H groups in total. The summed E-state index contributed by atoms with van der Waals surface area (Å²) in [6, 6.07) is 10.4. The Balaban J connectivity index is 1.30. The molecule has 0 aliphatic carbocycles. The second-order valence-corrected chi connectivity index (χ2v) is 7.54. The number of para-hydroxylation sites is 1. The Hall–Kier alpha value is -2.67. The topological polar surface area (TPSA) is 52.6 Å². The number of benzene rings is 1. The molecule has 6 nitrogen and oxygen atoms in total. The number of nitrogens with zero attached hydrogens (tertiary/aromatic N) is 5. The largest absolute Gasteiger partial charge is 0.352 e. The summed E-state index contributed by atoms with van der Waals surface area (Å²) in [4.78, 5) is 27.9. The van der Waals surface area contributed by atoms with Gasteiger partial charge < -0.3 is 9.80 Å². The van der Waals surface area contributed by atoms with Crippen molar-refractivity contribution >= 4 is 39.1 Å². The van der Waals surface area contributed by atoms with Gasteiger partial charge in [0.25, 0.3) is 0 Å². The van der Waals surface area contributed by atoms with Crippen LogP contribution in [-0.2, 0) is 6.42 Å². The van der Waals surface area contributed by atoms with Gasteiger partial charge in [0.2, 0.25) is 0 Å². The second kappa shape index (κ2) is 6.25. The lowest BCUT2D eigenvalue weighted by molar-refractivity contribution is 0.201. The molecule has 0 unspecified atom stereocenters. The molecule has 132 valence electrons. The van der Waals surface area contributed by atoms with Crippen LogP contribution in [0.2, 0.25) is 0 Å². The highest BCUT2D eigenvalue weighted by Crippen LogP contribution is 2.30. The van der Waals surface area contributed by atoms with Crippen LogP contribution in [0.1, 0.15) is 5.56 Å². The SMILES string of the molecule is O=C(N1CCN(c2ncnc3ccsc23)CC1)N1CCc2ccccc21. The maximum absolute atomic E-state index is 13.0. The van der Waals surface area contributed by atoms with Crippen LogP contribution >= 0.6 is 11.3 Å². The van der Waals surface area contributed by atoms with Crippen LogP contribution in [0, 0.1) is 0 Å². The number of fused-ring (bicyclic) bond motifs is 2. The molecule has 1 saturated heterocycles. The van der Waals surface area contributed by atoms with Gasteiger partial charge in [-0.25, -0.2) is 14.8 Å². The van der Waals surface area contributed by atoms with Gasteiger partial charge in [0.15, 0.2) is 0 Å². The number of anilines is 2. The summed E-state index contributed by atoms with van der Waals surface area (Å²) in [5.74, 6) is 0.989. The van der Waals surface area contributed by atoms with Crippen LogP contribution in [0.25, 0.3) is 10.2 Å². The van der Waals surface area contributed by atoms with E-state index in [-0.39, 0.29) is 6.03 Å². The number of hydrogen-bond donors (Lipinski definition) is 0. The van der Waals surface area contributed by atoms with E-state index < -0.39 is 0 Å². The van der Waals surface area contributed by atoms with Crippen molar-refractivity contribution in [3.63, 3.8) is 0 Å². The predicted molar refractivity (Wildman–Crippen MR) is 104 cm³/mol.